The van der Waals surface area contributed by atoms with Crippen LogP contribution in [0.4, 0.5) is 0 Å². The second-order valence-corrected chi connectivity index (χ2v) is 18.7. The van der Waals surface area contributed by atoms with Crippen molar-refractivity contribution in [3.8, 4) is 0 Å². The van der Waals surface area contributed by atoms with Crippen LogP contribution in [0.2, 0.25) is 0 Å². The van der Waals surface area contributed by atoms with Crippen molar-refractivity contribution in [1.82, 2.24) is 0 Å². The van der Waals surface area contributed by atoms with E-state index in [9.17, 15) is 39.0 Å². The molecular formula is C44H57BNaO15. The average Bonchev–Trinajstić information content (AvgIpc) is 3.92. The van der Waals surface area contributed by atoms with Gasteiger partial charge in [-0.25, -0.2) is 0 Å². The van der Waals surface area contributed by atoms with Crippen LogP contribution in [0.25, 0.3) is 0 Å². The minimum absolute atomic E-state index is 0. The summed E-state index contributed by atoms with van der Waals surface area (Å²) in [5.74, 6) is -5.35. The molecule has 2 N–H and O–H groups in total. The van der Waals surface area contributed by atoms with E-state index in [1.165, 1.54) is 39.9 Å². The van der Waals surface area contributed by atoms with E-state index in [0.29, 0.717) is 38.5 Å². The molecule has 4 saturated carbocycles. The molecule has 327 valence electrons. The molecule has 2 aliphatic heterocycles. The third kappa shape index (κ3) is 8.06. The molecule has 15 nitrogen and oxygen atoms in total. The number of ketones is 1. The Hall–Kier alpha value is -3.44. The van der Waals surface area contributed by atoms with Crippen molar-refractivity contribution in [1.29, 1.82) is 0 Å². The number of hydrogen-bond donors (Lipinski definition) is 2. The Morgan fingerprint density at radius 3 is 1.69 bits per heavy atom. The molecule has 2 saturated heterocycles. The van der Waals surface area contributed by atoms with Gasteiger partial charge in [0.2, 0.25) is 0 Å². The number of furan rings is 2. The van der Waals surface area contributed by atoms with E-state index in [1.54, 1.807) is 18.4 Å². The molecule has 6 fully saturated rings. The average molecular weight is 860 g/mol. The number of Topliss-reactive ketones (excluding diaryl/α,β-unsaturated/α-hetero) is 1. The molecule has 3 radical (unpaired) electrons. The maximum Gasteiger partial charge on any atom is 1.00 e. The van der Waals surface area contributed by atoms with Gasteiger partial charge in [-0.3, -0.25) is 28.8 Å². The van der Waals surface area contributed by atoms with E-state index >= 15 is 0 Å². The Kier molecular flexibility index (Phi) is 14.3. The molecule has 61 heavy (non-hydrogen) atoms. The SMILES string of the molecule is COC(=O)[C@@H]1C[C@H](O)[C@H](O)C2[C@@]3(C)C[C@@H](c4ccoc4)OC(=O)C3CC[C@]21C.COC(=O)[C@@H]1C[C@H](OC(C)=O)C(=O)C2[C@@]3(C)C[C@@H](c4ccoc4)OC(=O)C3CC[C@]21C.[B].[H-].[Na+]. The minimum atomic E-state index is -1.04. The van der Waals surface area contributed by atoms with Crippen LogP contribution in [0.3, 0.4) is 0 Å². The van der Waals surface area contributed by atoms with Crippen molar-refractivity contribution in [3.05, 3.63) is 48.3 Å². The number of fused-ring (bicyclic) bond motifs is 6. The summed E-state index contributed by atoms with van der Waals surface area (Å²) in [6.07, 6.45) is 5.38. The number of rotatable bonds is 5. The number of methoxy groups -OCH3 is 2. The fraction of sp³-hybridized carbons (Fsp3) is 0.682. The number of esters is 5. The molecule has 4 unspecified atom stereocenters. The normalized spacial score (nSPS) is 41.1. The smallest absolute Gasteiger partial charge is 1.00 e. The van der Waals surface area contributed by atoms with Gasteiger partial charge < -0.3 is 44.2 Å². The van der Waals surface area contributed by atoms with Gasteiger partial charge in [0.05, 0.1) is 75.2 Å². The molecule has 6 aliphatic rings. The summed E-state index contributed by atoms with van der Waals surface area (Å²) < 4.78 is 37.2. The zero-order chi connectivity index (χ0) is 42.8. The number of cyclic esters (lactones) is 2. The number of aliphatic hydroxyl groups excluding tert-OH is 2. The molecule has 0 spiro atoms. The zero-order valence-electron chi connectivity index (χ0n) is 37.3. The van der Waals surface area contributed by atoms with Crippen molar-refractivity contribution < 1.29 is 102 Å². The van der Waals surface area contributed by atoms with Gasteiger partial charge in [-0.1, -0.05) is 27.7 Å². The molecule has 0 aromatic carbocycles. The molecule has 15 atom stereocenters. The molecule has 4 heterocycles. The van der Waals surface area contributed by atoms with Crippen molar-refractivity contribution in [3.63, 3.8) is 0 Å². The largest absolute Gasteiger partial charge is 1.00 e. The Morgan fingerprint density at radius 1 is 0.738 bits per heavy atom. The minimum Gasteiger partial charge on any atom is -1.00 e. The number of aliphatic hydroxyl groups is 2. The maximum atomic E-state index is 13.7. The van der Waals surface area contributed by atoms with Crippen LogP contribution in [0, 0.1) is 57.2 Å². The molecule has 0 bridgehead atoms. The summed E-state index contributed by atoms with van der Waals surface area (Å²) in [6.45, 7) is 9.07. The fourth-order valence-corrected chi connectivity index (χ4v) is 12.9. The van der Waals surface area contributed by atoms with Gasteiger partial charge in [0, 0.05) is 38.8 Å². The summed E-state index contributed by atoms with van der Waals surface area (Å²) in [6, 6.07) is 3.51. The van der Waals surface area contributed by atoms with Crippen molar-refractivity contribution in [2.45, 2.75) is 117 Å². The number of hydrogen-bond acceptors (Lipinski definition) is 15. The van der Waals surface area contributed by atoms with E-state index in [2.05, 4.69) is 0 Å². The van der Waals surface area contributed by atoms with Gasteiger partial charge in [-0.15, -0.1) is 0 Å². The van der Waals surface area contributed by atoms with Crippen LogP contribution < -0.4 is 29.6 Å². The van der Waals surface area contributed by atoms with Gasteiger partial charge in [-0.05, 0) is 84.7 Å². The first kappa shape index (κ1) is 48.6. The summed E-state index contributed by atoms with van der Waals surface area (Å²) in [4.78, 5) is 76.6. The first-order valence-corrected chi connectivity index (χ1v) is 20.5. The molecule has 17 heteroatoms. The standard InChI is InChI=1S/C23H28O8.C21H28O7.B.Na.H/c1-12(24)30-16-9-15(20(26)28-4)22(2)7-5-14-21(27)31-17(13-6-8-29-11-13)10-23(14,3)19(22)18(16)25;1-20-6-4-12-19(25)28-15(11-5-7-27-10-11)9-21(12,2)17(20)16(23)14(22)8-13(20)18(24)26-3;;;/h6,8,11,14-17,19H,5,7,9-10H2,1-4H3;5,7,10,12-17,22-23H,4,6,8-9H2,1-3H3;;;/q;;;+1;-1/t14?,15-,16-,17-,19?,22-,23-;12?,13-,14-,15-,16-,17?,20-,21-;;;/m00.../s1. The van der Waals surface area contributed by atoms with Crippen LogP contribution in [0.15, 0.2) is 46.0 Å². The van der Waals surface area contributed by atoms with Crippen LogP contribution >= 0.6 is 0 Å². The van der Waals surface area contributed by atoms with Crippen molar-refractivity contribution in [2.75, 3.05) is 14.2 Å². The van der Waals surface area contributed by atoms with Crippen molar-refractivity contribution in [2.24, 2.45) is 57.2 Å². The van der Waals surface area contributed by atoms with Crippen LogP contribution in [0.5, 0.6) is 0 Å². The van der Waals surface area contributed by atoms with Crippen LogP contribution in [-0.2, 0) is 52.5 Å². The first-order valence-electron chi connectivity index (χ1n) is 20.5. The number of ether oxygens (including phenoxy) is 5. The molecule has 0 amide bonds. The van der Waals surface area contributed by atoms with E-state index in [1.807, 2.05) is 27.7 Å². The molecule has 2 aromatic heterocycles. The Morgan fingerprint density at radius 2 is 1.21 bits per heavy atom. The number of carbonyl (C=O) groups excluding carboxylic acids is 6. The monoisotopic (exact) mass is 859 g/mol. The molecular weight excluding hydrogens is 802 g/mol. The molecule has 8 rings (SSSR count). The van der Waals surface area contributed by atoms with E-state index in [-0.39, 0.29) is 81.8 Å². The van der Waals surface area contributed by atoms with Crippen LogP contribution in [0.1, 0.15) is 111 Å². The van der Waals surface area contributed by atoms with E-state index in [0.717, 1.165) is 11.1 Å². The Labute approximate surface area is 381 Å². The fourth-order valence-electron chi connectivity index (χ4n) is 12.9. The Bertz CT molecular complexity index is 1960. The second kappa shape index (κ2) is 18.0. The topological polar surface area (TPSA) is 215 Å². The molecule has 2 aromatic rings. The van der Waals surface area contributed by atoms with E-state index in [4.69, 9.17) is 32.5 Å². The molecule has 4 aliphatic carbocycles. The predicted molar refractivity (Wildman–Crippen MR) is 209 cm³/mol. The van der Waals surface area contributed by atoms with Gasteiger partial charge in [0.15, 0.2) is 11.9 Å². The second-order valence-electron chi connectivity index (χ2n) is 18.7. The summed E-state index contributed by atoms with van der Waals surface area (Å²) in [7, 11) is 2.66. The van der Waals surface area contributed by atoms with Gasteiger partial charge in [0.1, 0.15) is 12.2 Å². The third-order valence-corrected chi connectivity index (χ3v) is 15.6. The van der Waals surface area contributed by atoms with E-state index < -0.39 is 93.7 Å². The zero-order valence-corrected chi connectivity index (χ0v) is 38.3. The quantitative estimate of drug-likeness (QED) is 0.250. The summed E-state index contributed by atoms with van der Waals surface area (Å²) >= 11 is 0. The summed E-state index contributed by atoms with van der Waals surface area (Å²) in [5, 5.41) is 21.6. The number of carbonyl (C=O) groups is 6. The van der Waals surface area contributed by atoms with Gasteiger partial charge >= 0.3 is 59.4 Å². The predicted octanol–water partition coefficient (Wildman–Crippen LogP) is 1.96. The van der Waals surface area contributed by atoms with Crippen LogP contribution in [-0.4, -0.2) is 86.8 Å². The van der Waals surface area contributed by atoms with Gasteiger partial charge in [0.25, 0.3) is 0 Å². The Balaban J connectivity index is 0.000000261. The first-order chi connectivity index (χ1) is 27.8. The van der Waals surface area contributed by atoms with Crippen molar-refractivity contribution >= 4 is 44.0 Å². The summed E-state index contributed by atoms with van der Waals surface area (Å²) in [5.41, 5.74) is -1.19. The third-order valence-electron chi connectivity index (χ3n) is 15.6. The van der Waals surface area contributed by atoms with Gasteiger partial charge in [-0.2, -0.15) is 0 Å². The maximum absolute atomic E-state index is 13.7.